The minimum Gasteiger partial charge on any atom is -0.487 e. The van der Waals surface area contributed by atoms with Crippen molar-refractivity contribution in [3.8, 4) is 5.75 Å². The SMILES string of the molecule is COCCOc1c(Cl)cccc1NC(=O)c1n[nH]c2c1CNCC2.Cl. The van der Waals surface area contributed by atoms with Gasteiger partial charge in [0.15, 0.2) is 11.4 Å². The quantitative estimate of drug-likeness (QED) is 0.663. The first-order chi connectivity index (χ1) is 11.7. The zero-order valence-electron chi connectivity index (χ0n) is 13.7. The fourth-order valence-corrected chi connectivity index (χ4v) is 2.80. The summed E-state index contributed by atoms with van der Waals surface area (Å²) in [5, 5.41) is 13.6. The van der Waals surface area contributed by atoms with E-state index in [2.05, 4.69) is 20.8 Å². The predicted molar refractivity (Wildman–Crippen MR) is 98.0 cm³/mol. The number of carbonyl (C=O) groups excluding carboxylic acids is 1. The molecule has 3 rings (SSSR count). The van der Waals surface area contributed by atoms with Gasteiger partial charge in [0.25, 0.3) is 5.91 Å². The average Bonchev–Trinajstić information content (AvgIpc) is 3.01. The van der Waals surface area contributed by atoms with Crippen LogP contribution in [0, 0.1) is 0 Å². The Balaban J connectivity index is 0.00000225. The molecule has 2 aromatic rings. The summed E-state index contributed by atoms with van der Waals surface area (Å²) in [5.74, 6) is 0.127. The van der Waals surface area contributed by atoms with E-state index < -0.39 is 0 Å². The predicted octanol–water partition coefficient (Wildman–Crippen LogP) is 2.41. The third-order valence-corrected chi connectivity index (χ3v) is 4.07. The molecule has 25 heavy (non-hydrogen) atoms. The summed E-state index contributed by atoms with van der Waals surface area (Å²) in [5.41, 5.74) is 2.80. The van der Waals surface area contributed by atoms with Gasteiger partial charge in [-0.1, -0.05) is 17.7 Å². The second-order valence-electron chi connectivity index (χ2n) is 5.37. The number of methoxy groups -OCH3 is 1. The van der Waals surface area contributed by atoms with Gasteiger partial charge in [-0.2, -0.15) is 5.10 Å². The Morgan fingerprint density at radius 3 is 3.04 bits per heavy atom. The minimum absolute atomic E-state index is 0. The van der Waals surface area contributed by atoms with Crippen LogP contribution in [0.1, 0.15) is 21.7 Å². The Labute approximate surface area is 156 Å². The summed E-state index contributed by atoms with van der Waals surface area (Å²) >= 11 is 6.18. The Hall–Kier alpha value is -1.80. The van der Waals surface area contributed by atoms with E-state index in [1.54, 1.807) is 25.3 Å². The van der Waals surface area contributed by atoms with Gasteiger partial charge < -0.3 is 20.1 Å². The topological polar surface area (TPSA) is 88.3 Å². The summed E-state index contributed by atoms with van der Waals surface area (Å²) in [6, 6.07) is 5.20. The number of aromatic amines is 1. The molecular weight excluding hydrogens is 367 g/mol. The van der Waals surface area contributed by atoms with E-state index >= 15 is 0 Å². The lowest BCUT2D eigenvalue weighted by Crippen LogP contribution is -2.25. The maximum atomic E-state index is 12.6. The highest BCUT2D eigenvalue weighted by molar-refractivity contribution is 6.32. The third-order valence-electron chi connectivity index (χ3n) is 3.77. The molecule has 0 unspecified atom stereocenters. The van der Waals surface area contributed by atoms with Crippen molar-refractivity contribution in [2.45, 2.75) is 13.0 Å². The van der Waals surface area contributed by atoms with Gasteiger partial charge in [0.05, 0.1) is 17.3 Å². The lowest BCUT2D eigenvalue weighted by atomic mass is 10.1. The first-order valence-corrected chi connectivity index (χ1v) is 8.07. The molecule has 3 N–H and O–H groups in total. The Morgan fingerprint density at radius 2 is 2.24 bits per heavy atom. The minimum atomic E-state index is -0.296. The molecule has 1 aromatic carbocycles. The smallest absolute Gasteiger partial charge is 0.276 e. The van der Waals surface area contributed by atoms with Crippen molar-refractivity contribution < 1.29 is 14.3 Å². The van der Waals surface area contributed by atoms with Crippen molar-refractivity contribution in [3.05, 3.63) is 40.2 Å². The Bertz CT molecular complexity index is 736. The van der Waals surface area contributed by atoms with Crippen LogP contribution in [0.4, 0.5) is 5.69 Å². The first kappa shape index (κ1) is 19.5. The van der Waals surface area contributed by atoms with Crippen molar-refractivity contribution in [1.29, 1.82) is 0 Å². The summed E-state index contributed by atoms with van der Waals surface area (Å²) < 4.78 is 10.6. The van der Waals surface area contributed by atoms with Crippen LogP contribution in [-0.2, 0) is 17.7 Å². The molecule has 0 saturated heterocycles. The molecule has 9 heteroatoms. The molecule has 2 heterocycles. The number of halogens is 2. The van der Waals surface area contributed by atoms with Crippen molar-refractivity contribution in [3.63, 3.8) is 0 Å². The molecule has 0 spiro atoms. The van der Waals surface area contributed by atoms with Crippen LogP contribution in [0.25, 0.3) is 0 Å². The highest BCUT2D eigenvalue weighted by Crippen LogP contribution is 2.33. The number of H-pyrrole nitrogens is 1. The zero-order chi connectivity index (χ0) is 16.9. The van der Waals surface area contributed by atoms with E-state index in [0.29, 0.717) is 41.9 Å². The molecule has 0 atom stereocenters. The van der Waals surface area contributed by atoms with Crippen LogP contribution in [0.2, 0.25) is 5.02 Å². The van der Waals surface area contributed by atoms with Crippen LogP contribution in [0.15, 0.2) is 18.2 Å². The first-order valence-electron chi connectivity index (χ1n) is 7.69. The molecule has 0 radical (unpaired) electrons. The van der Waals surface area contributed by atoms with E-state index in [1.165, 1.54) is 0 Å². The molecule has 1 amide bonds. The fraction of sp³-hybridized carbons (Fsp3) is 0.375. The maximum Gasteiger partial charge on any atom is 0.276 e. The van der Waals surface area contributed by atoms with Crippen LogP contribution in [0.5, 0.6) is 5.75 Å². The Morgan fingerprint density at radius 1 is 1.40 bits per heavy atom. The summed E-state index contributed by atoms with van der Waals surface area (Å²) in [6.45, 7) is 2.27. The number of anilines is 1. The number of nitrogens with one attached hydrogen (secondary N) is 3. The number of rotatable bonds is 6. The largest absolute Gasteiger partial charge is 0.487 e. The molecule has 0 fully saturated rings. The van der Waals surface area contributed by atoms with Gasteiger partial charge in [-0.25, -0.2) is 0 Å². The number of hydrogen-bond donors (Lipinski definition) is 3. The highest BCUT2D eigenvalue weighted by Gasteiger charge is 2.22. The molecule has 1 aromatic heterocycles. The van der Waals surface area contributed by atoms with Crippen LogP contribution in [0.3, 0.4) is 0 Å². The normalized spacial score (nSPS) is 12.9. The fourth-order valence-electron chi connectivity index (χ4n) is 2.58. The van der Waals surface area contributed by atoms with E-state index in [0.717, 1.165) is 24.2 Å². The van der Waals surface area contributed by atoms with Gasteiger partial charge in [-0.15, -0.1) is 12.4 Å². The van der Waals surface area contributed by atoms with Crippen molar-refractivity contribution in [2.24, 2.45) is 0 Å². The number of benzene rings is 1. The van der Waals surface area contributed by atoms with Crippen LogP contribution >= 0.6 is 24.0 Å². The number of nitrogens with zero attached hydrogens (tertiary/aromatic N) is 1. The molecule has 0 bridgehead atoms. The van der Waals surface area contributed by atoms with Gasteiger partial charge in [0, 0.05) is 37.9 Å². The molecule has 0 saturated carbocycles. The lowest BCUT2D eigenvalue weighted by Gasteiger charge is -2.15. The Kier molecular flexibility index (Phi) is 7.07. The molecule has 136 valence electrons. The van der Waals surface area contributed by atoms with Crippen molar-refractivity contribution in [1.82, 2.24) is 15.5 Å². The maximum absolute atomic E-state index is 12.6. The second kappa shape index (κ2) is 9.05. The monoisotopic (exact) mass is 386 g/mol. The van der Waals surface area contributed by atoms with Crippen molar-refractivity contribution in [2.75, 3.05) is 32.2 Å². The number of hydrogen-bond acceptors (Lipinski definition) is 5. The van der Waals surface area contributed by atoms with Gasteiger partial charge in [-0.05, 0) is 12.1 Å². The average molecular weight is 387 g/mol. The molecule has 1 aliphatic rings. The van der Waals surface area contributed by atoms with Gasteiger partial charge in [0.2, 0.25) is 0 Å². The van der Waals surface area contributed by atoms with Crippen LogP contribution < -0.4 is 15.4 Å². The molecule has 1 aliphatic heterocycles. The van der Waals surface area contributed by atoms with E-state index in [9.17, 15) is 4.79 Å². The summed E-state index contributed by atoms with van der Waals surface area (Å²) in [4.78, 5) is 12.6. The van der Waals surface area contributed by atoms with Gasteiger partial charge in [-0.3, -0.25) is 9.89 Å². The number of aromatic nitrogens is 2. The second-order valence-corrected chi connectivity index (χ2v) is 5.78. The molecule has 7 nitrogen and oxygen atoms in total. The highest BCUT2D eigenvalue weighted by atomic mass is 35.5. The van der Waals surface area contributed by atoms with Crippen molar-refractivity contribution >= 4 is 35.6 Å². The standard InChI is InChI=1S/C16H19ClN4O3.ClH/c1-23-7-8-24-15-11(17)3-2-4-13(15)19-16(22)14-10-9-18-6-5-12(10)20-21-14;/h2-4,18H,5-9H2,1H3,(H,19,22)(H,20,21);1H. The van der Waals surface area contributed by atoms with Gasteiger partial charge >= 0.3 is 0 Å². The number of carbonyl (C=O) groups is 1. The van der Waals surface area contributed by atoms with E-state index in [4.69, 9.17) is 21.1 Å². The summed E-state index contributed by atoms with van der Waals surface area (Å²) in [7, 11) is 1.59. The lowest BCUT2D eigenvalue weighted by molar-refractivity contribution is 0.102. The number of ether oxygens (including phenoxy) is 2. The zero-order valence-corrected chi connectivity index (χ0v) is 15.3. The molecular formula is C16H20Cl2N4O3. The number of para-hydroxylation sites is 1. The van der Waals surface area contributed by atoms with E-state index in [-0.39, 0.29) is 18.3 Å². The third kappa shape index (κ3) is 4.43. The molecule has 0 aliphatic carbocycles. The van der Waals surface area contributed by atoms with Crippen LogP contribution in [-0.4, -0.2) is 43.0 Å². The van der Waals surface area contributed by atoms with Gasteiger partial charge in [0.1, 0.15) is 6.61 Å². The summed E-state index contributed by atoms with van der Waals surface area (Å²) in [6.07, 6.45) is 0.832. The number of amides is 1. The number of fused-ring (bicyclic) bond motifs is 1. The van der Waals surface area contributed by atoms with E-state index in [1.807, 2.05) is 0 Å².